The van der Waals surface area contributed by atoms with Crippen LogP contribution in [0.4, 0.5) is 5.82 Å². The van der Waals surface area contributed by atoms with Gasteiger partial charge < -0.3 is 9.64 Å². The summed E-state index contributed by atoms with van der Waals surface area (Å²) in [5, 5.41) is 0. The molecule has 4 heteroatoms. The predicted octanol–water partition coefficient (Wildman–Crippen LogP) is 3.08. The fraction of sp³-hybridized carbons (Fsp3) is 0.615. The SMILES string of the molecule is COc1cccnc1N1CCCCCC1CCl. The van der Waals surface area contributed by atoms with Crippen LogP contribution in [0.2, 0.25) is 0 Å². The molecule has 2 heterocycles. The number of hydrogen-bond acceptors (Lipinski definition) is 3. The van der Waals surface area contributed by atoms with Gasteiger partial charge in [0.05, 0.1) is 7.11 Å². The van der Waals surface area contributed by atoms with E-state index in [2.05, 4.69) is 9.88 Å². The number of hydrogen-bond donors (Lipinski definition) is 0. The van der Waals surface area contributed by atoms with Crippen LogP contribution < -0.4 is 9.64 Å². The maximum absolute atomic E-state index is 6.08. The van der Waals surface area contributed by atoms with Crippen LogP contribution in [0.1, 0.15) is 25.7 Å². The molecular formula is C13H19ClN2O. The summed E-state index contributed by atoms with van der Waals surface area (Å²) in [6.07, 6.45) is 6.69. The van der Waals surface area contributed by atoms with E-state index in [4.69, 9.17) is 16.3 Å². The molecule has 1 aromatic heterocycles. The molecule has 2 rings (SSSR count). The molecule has 1 aliphatic heterocycles. The molecule has 94 valence electrons. The van der Waals surface area contributed by atoms with E-state index in [1.54, 1.807) is 7.11 Å². The van der Waals surface area contributed by atoms with Crippen molar-refractivity contribution in [2.75, 3.05) is 24.4 Å². The molecule has 1 fully saturated rings. The number of methoxy groups -OCH3 is 1. The van der Waals surface area contributed by atoms with Crippen molar-refractivity contribution in [1.29, 1.82) is 0 Å². The summed E-state index contributed by atoms with van der Waals surface area (Å²) in [5.74, 6) is 2.42. The molecule has 1 aliphatic rings. The van der Waals surface area contributed by atoms with E-state index < -0.39 is 0 Å². The third kappa shape index (κ3) is 2.83. The highest BCUT2D eigenvalue weighted by molar-refractivity contribution is 6.18. The normalized spacial score (nSPS) is 21.1. The van der Waals surface area contributed by atoms with Crippen LogP contribution in [0, 0.1) is 0 Å². The number of ether oxygens (including phenoxy) is 1. The quantitative estimate of drug-likeness (QED) is 0.776. The highest BCUT2D eigenvalue weighted by Gasteiger charge is 2.23. The fourth-order valence-corrected chi connectivity index (χ4v) is 2.69. The van der Waals surface area contributed by atoms with Gasteiger partial charge in [-0.2, -0.15) is 0 Å². The summed E-state index contributed by atoms with van der Waals surface area (Å²) in [6.45, 7) is 1.02. The molecular weight excluding hydrogens is 236 g/mol. The van der Waals surface area contributed by atoms with Gasteiger partial charge in [0.2, 0.25) is 0 Å². The number of aromatic nitrogens is 1. The van der Waals surface area contributed by atoms with Gasteiger partial charge in [0.25, 0.3) is 0 Å². The van der Waals surface area contributed by atoms with Gasteiger partial charge >= 0.3 is 0 Å². The molecule has 0 bridgehead atoms. The minimum absolute atomic E-state index is 0.378. The van der Waals surface area contributed by atoms with E-state index in [0.29, 0.717) is 11.9 Å². The Morgan fingerprint density at radius 2 is 2.35 bits per heavy atom. The van der Waals surface area contributed by atoms with Crippen molar-refractivity contribution in [3.63, 3.8) is 0 Å². The lowest BCUT2D eigenvalue weighted by Crippen LogP contribution is -2.37. The second-order valence-corrected chi connectivity index (χ2v) is 4.69. The molecule has 0 saturated carbocycles. The van der Waals surface area contributed by atoms with Gasteiger partial charge in [0.15, 0.2) is 11.6 Å². The summed E-state index contributed by atoms with van der Waals surface area (Å²) in [7, 11) is 1.69. The Balaban J connectivity index is 2.28. The zero-order valence-electron chi connectivity index (χ0n) is 10.2. The van der Waals surface area contributed by atoms with Crippen LogP contribution in [-0.2, 0) is 0 Å². The maximum atomic E-state index is 6.08. The van der Waals surface area contributed by atoms with Gasteiger partial charge in [-0.1, -0.05) is 12.8 Å². The smallest absolute Gasteiger partial charge is 0.171 e. The van der Waals surface area contributed by atoms with E-state index >= 15 is 0 Å². The zero-order chi connectivity index (χ0) is 12.1. The molecule has 1 aromatic rings. The predicted molar refractivity (Wildman–Crippen MR) is 71.1 cm³/mol. The Morgan fingerprint density at radius 1 is 1.47 bits per heavy atom. The van der Waals surface area contributed by atoms with Crippen molar-refractivity contribution < 1.29 is 4.74 Å². The summed E-state index contributed by atoms with van der Waals surface area (Å²) in [5.41, 5.74) is 0. The number of halogens is 1. The first kappa shape index (κ1) is 12.5. The Labute approximate surface area is 108 Å². The number of rotatable bonds is 3. The number of pyridine rings is 1. The highest BCUT2D eigenvalue weighted by Crippen LogP contribution is 2.30. The molecule has 0 aliphatic carbocycles. The van der Waals surface area contributed by atoms with Gasteiger partial charge in [-0.15, -0.1) is 11.6 Å². The Bertz CT molecular complexity index is 359. The molecule has 0 N–H and O–H groups in total. The fourth-order valence-electron chi connectivity index (χ4n) is 2.37. The largest absolute Gasteiger partial charge is 0.493 e. The summed E-state index contributed by atoms with van der Waals surface area (Å²) < 4.78 is 5.38. The monoisotopic (exact) mass is 254 g/mol. The second-order valence-electron chi connectivity index (χ2n) is 4.38. The first-order valence-electron chi connectivity index (χ1n) is 6.18. The maximum Gasteiger partial charge on any atom is 0.171 e. The highest BCUT2D eigenvalue weighted by atomic mass is 35.5. The molecule has 1 saturated heterocycles. The first-order valence-corrected chi connectivity index (χ1v) is 6.72. The minimum Gasteiger partial charge on any atom is -0.493 e. The van der Waals surface area contributed by atoms with Crippen molar-refractivity contribution in [2.24, 2.45) is 0 Å². The van der Waals surface area contributed by atoms with Crippen LogP contribution in [0.5, 0.6) is 5.75 Å². The first-order chi connectivity index (χ1) is 8.36. The molecule has 0 aromatic carbocycles. The molecule has 3 nitrogen and oxygen atoms in total. The van der Waals surface area contributed by atoms with Gasteiger partial charge in [0, 0.05) is 24.7 Å². The van der Waals surface area contributed by atoms with Crippen LogP contribution in [0.3, 0.4) is 0 Å². The third-order valence-corrected chi connectivity index (χ3v) is 3.65. The van der Waals surface area contributed by atoms with E-state index in [1.807, 2.05) is 18.3 Å². The van der Waals surface area contributed by atoms with Crippen molar-refractivity contribution in [3.05, 3.63) is 18.3 Å². The summed E-state index contributed by atoms with van der Waals surface area (Å²) in [4.78, 5) is 6.76. The lowest BCUT2D eigenvalue weighted by atomic mass is 10.1. The van der Waals surface area contributed by atoms with E-state index in [1.165, 1.54) is 19.3 Å². The van der Waals surface area contributed by atoms with Gasteiger partial charge in [-0.3, -0.25) is 0 Å². The van der Waals surface area contributed by atoms with Crippen LogP contribution >= 0.6 is 11.6 Å². The molecule has 17 heavy (non-hydrogen) atoms. The minimum atomic E-state index is 0.378. The molecule has 0 radical (unpaired) electrons. The van der Waals surface area contributed by atoms with Crippen LogP contribution in [0.15, 0.2) is 18.3 Å². The number of alkyl halides is 1. The lowest BCUT2D eigenvalue weighted by molar-refractivity contribution is 0.410. The van der Waals surface area contributed by atoms with Crippen LogP contribution in [-0.4, -0.2) is 30.6 Å². The van der Waals surface area contributed by atoms with Crippen molar-refractivity contribution in [2.45, 2.75) is 31.7 Å². The van der Waals surface area contributed by atoms with Gasteiger partial charge in [-0.25, -0.2) is 4.98 Å². The Kier molecular flexibility index (Phi) is 4.49. The Morgan fingerprint density at radius 3 is 3.12 bits per heavy atom. The summed E-state index contributed by atoms with van der Waals surface area (Å²) >= 11 is 6.08. The Hall–Kier alpha value is -0.960. The summed E-state index contributed by atoms with van der Waals surface area (Å²) in [6, 6.07) is 4.23. The second kappa shape index (κ2) is 6.10. The average Bonchev–Trinajstić information content (AvgIpc) is 2.63. The zero-order valence-corrected chi connectivity index (χ0v) is 11.0. The molecule has 1 unspecified atom stereocenters. The van der Waals surface area contributed by atoms with E-state index in [-0.39, 0.29) is 0 Å². The van der Waals surface area contributed by atoms with Gasteiger partial charge in [-0.05, 0) is 25.0 Å². The third-order valence-electron chi connectivity index (χ3n) is 3.30. The number of anilines is 1. The van der Waals surface area contributed by atoms with Crippen LogP contribution in [0.25, 0.3) is 0 Å². The standard InChI is InChI=1S/C13H19ClN2O/c1-17-12-7-5-8-15-13(12)16-9-4-2-3-6-11(16)10-14/h5,7-8,11H,2-4,6,9-10H2,1H3. The van der Waals surface area contributed by atoms with E-state index in [0.717, 1.165) is 24.5 Å². The van der Waals surface area contributed by atoms with Crippen molar-refractivity contribution in [1.82, 2.24) is 4.98 Å². The van der Waals surface area contributed by atoms with E-state index in [9.17, 15) is 0 Å². The molecule has 0 spiro atoms. The van der Waals surface area contributed by atoms with Crippen molar-refractivity contribution >= 4 is 17.4 Å². The number of nitrogens with zero attached hydrogens (tertiary/aromatic N) is 2. The lowest BCUT2D eigenvalue weighted by Gasteiger charge is -2.30. The molecule has 1 atom stereocenters. The molecule has 0 amide bonds. The van der Waals surface area contributed by atoms with Crippen molar-refractivity contribution in [3.8, 4) is 5.75 Å². The topological polar surface area (TPSA) is 25.4 Å². The van der Waals surface area contributed by atoms with Gasteiger partial charge in [0.1, 0.15) is 0 Å². The average molecular weight is 255 g/mol.